The highest BCUT2D eigenvalue weighted by Gasteiger charge is 2.36. The summed E-state index contributed by atoms with van der Waals surface area (Å²) in [5.41, 5.74) is 1.66. The van der Waals surface area contributed by atoms with Crippen molar-refractivity contribution < 1.29 is 22.7 Å². The number of fused-ring (bicyclic) bond motifs is 1. The number of esters is 1. The second-order valence-electron chi connectivity index (χ2n) is 5.55. The molecule has 1 N–H and O–H groups in total. The lowest BCUT2D eigenvalue weighted by molar-refractivity contribution is -0.135. The minimum atomic E-state index is -3.97. The van der Waals surface area contributed by atoms with Crippen LogP contribution in [0.25, 0.3) is 0 Å². The van der Waals surface area contributed by atoms with Crippen LogP contribution in [0.3, 0.4) is 0 Å². The largest absolute Gasteiger partial charge is 0.465 e. The van der Waals surface area contributed by atoms with Crippen molar-refractivity contribution in [3.63, 3.8) is 0 Å². The van der Waals surface area contributed by atoms with Gasteiger partial charge in [-0.25, -0.2) is 13.2 Å². The topological polar surface area (TPSA) is 92.8 Å². The van der Waals surface area contributed by atoms with Crippen molar-refractivity contribution in [1.29, 1.82) is 0 Å². The fourth-order valence-corrected chi connectivity index (χ4v) is 4.13. The van der Waals surface area contributed by atoms with E-state index in [1.807, 2.05) is 0 Å². The van der Waals surface area contributed by atoms with Crippen LogP contribution in [-0.4, -0.2) is 27.4 Å². The fraction of sp³-hybridized carbons (Fsp3) is 0.111. The Kier molecular flexibility index (Phi) is 4.52. The summed E-state index contributed by atoms with van der Waals surface area (Å²) in [6.45, 7) is 1.41. The first-order valence-electron chi connectivity index (χ1n) is 7.66. The van der Waals surface area contributed by atoms with E-state index in [0.717, 1.165) is 7.11 Å². The summed E-state index contributed by atoms with van der Waals surface area (Å²) in [5.74, 6) is -1.13. The molecule has 0 saturated carbocycles. The number of amides is 1. The average Bonchev–Trinajstić information content (AvgIpc) is 2.62. The molecule has 3 rings (SSSR count). The molecule has 0 bridgehead atoms. The van der Waals surface area contributed by atoms with E-state index >= 15 is 0 Å². The number of nitrogens with zero attached hydrogens (tertiary/aromatic N) is 1. The molecule has 0 atom stereocenters. The van der Waals surface area contributed by atoms with E-state index < -0.39 is 20.7 Å². The van der Waals surface area contributed by atoms with Crippen molar-refractivity contribution in [3.05, 3.63) is 59.6 Å². The van der Waals surface area contributed by atoms with Crippen molar-refractivity contribution in [1.82, 2.24) is 0 Å². The third-order valence-electron chi connectivity index (χ3n) is 3.80. The number of ether oxygens (including phenoxy) is 1. The van der Waals surface area contributed by atoms with Crippen molar-refractivity contribution in [2.75, 3.05) is 17.3 Å². The smallest absolute Gasteiger partial charge is 0.351 e. The van der Waals surface area contributed by atoms with Gasteiger partial charge in [0.1, 0.15) is 0 Å². The first kappa shape index (κ1) is 17.7. The summed E-state index contributed by atoms with van der Waals surface area (Å²) >= 11 is 0. The van der Waals surface area contributed by atoms with Crippen LogP contribution in [0.5, 0.6) is 0 Å². The summed E-state index contributed by atoms with van der Waals surface area (Å²) in [6.07, 6.45) is 1.25. The number of rotatable bonds is 3. The standard InChI is InChI=1S/C18H16N2O5S/c1-12(21)19-13-7-9-14(10-8-13)20-11-17(18(22)25-2)26(23,24)16-6-4-3-5-15(16)20/h3-11H,1-2H3,(H,19,21). The van der Waals surface area contributed by atoms with Crippen LogP contribution in [0.1, 0.15) is 6.92 Å². The Hall–Kier alpha value is -3.13. The molecule has 1 amide bonds. The van der Waals surface area contributed by atoms with E-state index in [1.54, 1.807) is 47.4 Å². The molecule has 7 nitrogen and oxygen atoms in total. The molecule has 134 valence electrons. The van der Waals surface area contributed by atoms with E-state index in [4.69, 9.17) is 0 Å². The molecule has 0 aliphatic carbocycles. The number of sulfone groups is 1. The minimum absolute atomic E-state index is 0.0221. The fourth-order valence-electron chi connectivity index (χ4n) is 2.64. The summed E-state index contributed by atoms with van der Waals surface area (Å²) in [6, 6.07) is 13.2. The quantitative estimate of drug-likeness (QED) is 0.833. The van der Waals surface area contributed by atoms with E-state index in [1.165, 1.54) is 19.2 Å². The van der Waals surface area contributed by atoms with Crippen LogP contribution in [-0.2, 0) is 24.2 Å². The summed E-state index contributed by atoms with van der Waals surface area (Å²) in [5, 5.41) is 2.66. The van der Waals surface area contributed by atoms with Crippen molar-refractivity contribution >= 4 is 38.8 Å². The predicted molar refractivity (Wildman–Crippen MR) is 96.6 cm³/mol. The summed E-state index contributed by atoms with van der Waals surface area (Å²) in [4.78, 5) is 24.3. The Bertz CT molecular complexity index is 1010. The molecule has 8 heteroatoms. The molecule has 0 saturated heterocycles. The molecule has 0 spiro atoms. The van der Waals surface area contributed by atoms with Crippen molar-refractivity contribution in [3.8, 4) is 0 Å². The minimum Gasteiger partial charge on any atom is -0.465 e. The molecule has 2 aromatic rings. The van der Waals surface area contributed by atoms with E-state index in [-0.39, 0.29) is 10.8 Å². The molecule has 26 heavy (non-hydrogen) atoms. The number of carbonyl (C=O) groups excluding carboxylic acids is 2. The highest BCUT2D eigenvalue weighted by Crippen LogP contribution is 2.39. The molecule has 0 aromatic heterocycles. The number of anilines is 3. The zero-order valence-corrected chi connectivity index (χ0v) is 14.9. The zero-order chi connectivity index (χ0) is 18.9. The number of hydrogen-bond acceptors (Lipinski definition) is 6. The molecule has 0 unspecified atom stereocenters. The van der Waals surface area contributed by atoms with E-state index in [0.29, 0.717) is 17.1 Å². The highest BCUT2D eigenvalue weighted by atomic mass is 32.2. The normalized spacial score (nSPS) is 14.8. The molecular formula is C18H16N2O5S. The lowest BCUT2D eigenvalue weighted by Gasteiger charge is -2.28. The number of carbonyl (C=O) groups is 2. The maximum atomic E-state index is 12.7. The van der Waals surface area contributed by atoms with Crippen molar-refractivity contribution in [2.24, 2.45) is 0 Å². The first-order chi connectivity index (χ1) is 12.3. The molecule has 0 radical (unpaired) electrons. The third-order valence-corrected chi connectivity index (χ3v) is 5.58. The van der Waals surface area contributed by atoms with Crippen LogP contribution in [0, 0.1) is 0 Å². The van der Waals surface area contributed by atoms with Gasteiger partial charge < -0.3 is 15.0 Å². The van der Waals surface area contributed by atoms with Gasteiger partial charge in [-0.15, -0.1) is 0 Å². The van der Waals surface area contributed by atoms with E-state index in [2.05, 4.69) is 10.1 Å². The van der Waals surface area contributed by atoms with Gasteiger partial charge in [0.25, 0.3) is 0 Å². The number of para-hydroxylation sites is 1. The van der Waals surface area contributed by atoms with Gasteiger partial charge in [0, 0.05) is 24.5 Å². The number of nitrogens with one attached hydrogen (secondary N) is 1. The molecule has 0 fully saturated rings. The monoisotopic (exact) mass is 372 g/mol. The van der Waals surface area contributed by atoms with Gasteiger partial charge in [-0.3, -0.25) is 4.79 Å². The average molecular weight is 372 g/mol. The van der Waals surface area contributed by atoms with Crippen LogP contribution in [0.2, 0.25) is 0 Å². The van der Waals surface area contributed by atoms with Gasteiger partial charge in [0.2, 0.25) is 15.7 Å². The summed E-state index contributed by atoms with van der Waals surface area (Å²) < 4.78 is 30.1. The second-order valence-corrected chi connectivity index (χ2v) is 7.44. The maximum absolute atomic E-state index is 12.7. The lowest BCUT2D eigenvalue weighted by Crippen LogP contribution is -2.26. The van der Waals surface area contributed by atoms with Crippen LogP contribution in [0.4, 0.5) is 17.1 Å². The zero-order valence-electron chi connectivity index (χ0n) is 14.1. The Balaban J connectivity index is 2.13. The van der Waals surface area contributed by atoms with Crippen LogP contribution in [0.15, 0.2) is 64.5 Å². The van der Waals surface area contributed by atoms with Gasteiger partial charge in [0.15, 0.2) is 4.91 Å². The Morgan fingerprint density at radius 3 is 2.31 bits per heavy atom. The molecular weight excluding hydrogens is 356 g/mol. The highest BCUT2D eigenvalue weighted by molar-refractivity contribution is 7.96. The lowest BCUT2D eigenvalue weighted by atomic mass is 10.2. The number of hydrogen-bond donors (Lipinski definition) is 1. The van der Waals surface area contributed by atoms with Gasteiger partial charge in [-0.05, 0) is 36.4 Å². The Morgan fingerprint density at radius 1 is 1.04 bits per heavy atom. The first-order valence-corrected chi connectivity index (χ1v) is 9.14. The second kappa shape index (κ2) is 6.64. The molecule has 2 aromatic carbocycles. The van der Waals surface area contributed by atoms with Gasteiger partial charge in [-0.2, -0.15) is 0 Å². The van der Waals surface area contributed by atoms with Crippen LogP contribution >= 0.6 is 0 Å². The van der Waals surface area contributed by atoms with Crippen LogP contribution < -0.4 is 10.2 Å². The number of methoxy groups -OCH3 is 1. The molecule has 1 aliphatic rings. The van der Waals surface area contributed by atoms with Gasteiger partial charge >= 0.3 is 5.97 Å². The molecule has 1 aliphatic heterocycles. The van der Waals surface area contributed by atoms with E-state index in [9.17, 15) is 18.0 Å². The Labute approximate surface area is 150 Å². The maximum Gasteiger partial charge on any atom is 0.351 e. The van der Waals surface area contributed by atoms with Crippen molar-refractivity contribution in [2.45, 2.75) is 11.8 Å². The predicted octanol–water partition coefficient (Wildman–Crippen LogP) is 2.58. The van der Waals surface area contributed by atoms with Gasteiger partial charge in [0.05, 0.1) is 17.7 Å². The number of benzene rings is 2. The Morgan fingerprint density at radius 2 is 1.69 bits per heavy atom. The summed E-state index contributed by atoms with van der Waals surface area (Å²) in [7, 11) is -2.84. The SMILES string of the molecule is COC(=O)C1=CN(c2ccc(NC(C)=O)cc2)c2ccccc2S1(=O)=O. The molecule has 1 heterocycles. The van der Waals surface area contributed by atoms with Gasteiger partial charge in [-0.1, -0.05) is 12.1 Å². The third kappa shape index (κ3) is 3.06.